The van der Waals surface area contributed by atoms with Crippen LogP contribution in [0.15, 0.2) is 51.8 Å². The van der Waals surface area contributed by atoms with Crippen LogP contribution >= 0.6 is 0 Å². The van der Waals surface area contributed by atoms with Crippen molar-refractivity contribution in [3.8, 4) is 6.07 Å². The molecule has 0 bridgehead atoms. The number of aryl methyl sites for hydroxylation is 1. The molecule has 1 aliphatic rings. The molecule has 0 saturated carbocycles. The van der Waals surface area contributed by atoms with Crippen molar-refractivity contribution in [1.82, 2.24) is 5.16 Å². The molecule has 2 N–H and O–H groups in total. The summed E-state index contributed by atoms with van der Waals surface area (Å²) in [4.78, 5) is 25.3. The van der Waals surface area contributed by atoms with E-state index in [0.717, 1.165) is 0 Å². The number of carbonyl (C=O) groups excluding carboxylic acids is 1. The Hall–Kier alpha value is -3.54. The number of anilines is 1. The topological polar surface area (TPSA) is 125 Å². The summed E-state index contributed by atoms with van der Waals surface area (Å²) >= 11 is 0. The van der Waals surface area contributed by atoms with Crippen LogP contribution in [0.3, 0.4) is 0 Å². The highest BCUT2D eigenvalue weighted by molar-refractivity contribution is 5.99. The highest BCUT2D eigenvalue weighted by Crippen LogP contribution is 2.33. The molecule has 4 rings (SSSR count). The van der Waals surface area contributed by atoms with Crippen LogP contribution < -0.4 is 10.9 Å². The number of ether oxygens (including phenoxy) is 1. The smallest absolute Gasteiger partial charge is 0.366 e. The van der Waals surface area contributed by atoms with E-state index in [1.165, 1.54) is 0 Å². The van der Waals surface area contributed by atoms with E-state index in [9.17, 15) is 20.0 Å². The first-order valence-electron chi connectivity index (χ1n) is 10.4. The predicted molar refractivity (Wildman–Crippen MR) is 117 cm³/mol. The number of fused-ring (bicyclic) bond motifs is 1. The Labute approximate surface area is 184 Å². The molecule has 0 radical (unpaired) electrons. The van der Waals surface area contributed by atoms with E-state index < -0.39 is 17.1 Å². The van der Waals surface area contributed by atoms with Crippen LogP contribution in [-0.4, -0.2) is 35.0 Å². The van der Waals surface area contributed by atoms with Gasteiger partial charge in [0.25, 0.3) is 5.91 Å². The Bertz CT molecular complexity index is 1260. The van der Waals surface area contributed by atoms with E-state index >= 15 is 0 Å². The third-order valence-electron chi connectivity index (χ3n) is 5.97. The number of benzene rings is 2. The van der Waals surface area contributed by atoms with Gasteiger partial charge in [-0.2, -0.15) is 5.26 Å². The Morgan fingerprint density at radius 2 is 2.03 bits per heavy atom. The number of hydrogen-bond donors (Lipinski definition) is 2. The SMILES string of the molecule is Cc1noc(=O)c2ccc(NC(=O)C(O)(Cc3cccc(C#N)c3)C3CCOCC3)cc12. The summed E-state index contributed by atoms with van der Waals surface area (Å²) in [5, 5.41) is 28.3. The highest BCUT2D eigenvalue weighted by atomic mass is 16.5. The average Bonchev–Trinajstić information content (AvgIpc) is 2.82. The highest BCUT2D eigenvalue weighted by Gasteiger charge is 2.44. The van der Waals surface area contributed by atoms with Gasteiger partial charge in [0.05, 0.1) is 22.7 Å². The molecule has 1 aromatic heterocycles. The van der Waals surface area contributed by atoms with Gasteiger partial charge in [-0.25, -0.2) is 4.79 Å². The van der Waals surface area contributed by atoms with Crippen LogP contribution in [0.2, 0.25) is 0 Å². The molecule has 1 unspecified atom stereocenters. The van der Waals surface area contributed by atoms with Gasteiger partial charge in [-0.05, 0) is 55.7 Å². The van der Waals surface area contributed by atoms with Gasteiger partial charge in [-0.15, -0.1) is 0 Å². The molecule has 8 heteroatoms. The Morgan fingerprint density at radius 1 is 1.25 bits per heavy atom. The minimum atomic E-state index is -1.70. The van der Waals surface area contributed by atoms with Crippen LogP contribution in [-0.2, 0) is 16.0 Å². The largest absolute Gasteiger partial charge is 0.381 e. The molecule has 1 aliphatic heterocycles. The molecule has 2 aromatic carbocycles. The molecule has 3 aromatic rings. The summed E-state index contributed by atoms with van der Waals surface area (Å²) in [6, 6.07) is 13.8. The van der Waals surface area contributed by atoms with Gasteiger partial charge in [-0.3, -0.25) is 4.79 Å². The molecule has 1 fully saturated rings. The zero-order chi connectivity index (χ0) is 22.7. The lowest BCUT2D eigenvalue weighted by molar-refractivity contribution is -0.144. The van der Waals surface area contributed by atoms with Crippen molar-refractivity contribution in [1.29, 1.82) is 5.26 Å². The molecule has 164 valence electrons. The van der Waals surface area contributed by atoms with Crippen LogP contribution in [0.25, 0.3) is 10.8 Å². The summed E-state index contributed by atoms with van der Waals surface area (Å²) in [6.45, 7) is 2.64. The third kappa shape index (κ3) is 4.26. The molecule has 32 heavy (non-hydrogen) atoms. The Kier molecular flexibility index (Phi) is 6.04. The van der Waals surface area contributed by atoms with Crippen molar-refractivity contribution in [2.24, 2.45) is 5.92 Å². The number of nitrogens with zero attached hydrogens (tertiary/aromatic N) is 2. The maximum absolute atomic E-state index is 13.4. The van der Waals surface area contributed by atoms with Crippen molar-refractivity contribution >= 4 is 22.4 Å². The molecule has 1 amide bonds. The number of nitriles is 1. The maximum Gasteiger partial charge on any atom is 0.366 e. The number of aromatic nitrogens is 1. The first kappa shape index (κ1) is 21.7. The summed E-state index contributed by atoms with van der Waals surface area (Å²) in [6.07, 6.45) is 1.16. The van der Waals surface area contributed by atoms with Crippen LogP contribution in [0, 0.1) is 24.2 Å². The van der Waals surface area contributed by atoms with Crippen LogP contribution in [0.4, 0.5) is 5.69 Å². The van der Waals surface area contributed by atoms with Gasteiger partial charge >= 0.3 is 5.63 Å². The maximum atomic E-state index is 13.4. The quantitative estimate of drug-likeness (QED) is 0.634. The van der Waals surface area contributed by atoms with Gasteiger partial charge in [-0.1, -0.05) is 17.3 Å². The van der Waals surface area contributed by atoms with Crippen LogP contribution in [0.5, 0.6) is 0 Å². The lowest BCUT2D eigenvalue weighted by Gasteiger charge is -2.37. The van der Waals surface area contributed by atoms with Crippen LogP contribution in [0.1, 0.15) is 29.7 Å². The third-order valence-corrected chi connectivity index (χ3v) is 5.97. The first-order valence-corrected chi connectivity index (χ1v) is 10.4. The van der Waals surface area contributed by atoms with E-state index in [4.69, 9.17) is 9.26 Å². The summed E-state index contributed by atoms with van der Waals surface area (Å²) < 4.78 is 10.2. The van der Waals surface area contributed by atoms with Gasteiger partial charge in [0.2, 0.25) is 0 Å². The normalized spacial score (nSPS) is 16.3. The monoisotopic (exact) mass is 433 g/mol. The second-order valence-corrected chi connectivity index (χ2v) is 8.07. The first-order chi connectivity index (χ1) is 15.4. The van der Waals surface area contributed by atoms with Crippen molar-refractivity contribution < 1.29 is 19.2 Å². The van der Waals surface area contributed by atoms with E-state index in [2.05, 4.69) is 16.5 Å². The summed E-state index contributed by atoms with van der Waals surface area (Å²) in [5.74, 6) is -0.849. The number of hydrogen-bond acceptors (Lipinski definition) is 7. The molecular weight excluding hydrogens is 410 g/mol. The standard InChI is InChI=1S/C24H23N3O5/c1-15-21-12-19(5-6-20(21)22(28)32-27-15)26-23(29)24(30,18-7-9-31-10-8-18)13-16-3-2-4-17(11-16)14-25/h2-6,11-12,18,30H,7-10,13H2,1H3,(H,26,29). The number of amides is 1. The van der Waals surface area contributed by atoms with E-state index in [0.29, 0.717) is 59.3 Å². The molecule has 8 nitrogen and oxygen atoms in total. The number of carbonyl (C=O) groups is 1. The van der Waals surface area contributed by atoms with Gasteiger partial charge < -0.3 is 19.7 Å². The minimum absolute atomic E-state index is 0.0662. The zero-order valence-corrected chi connectivity index (χ0v) is 17.6. The van der Waals surface area contributed by atoms with E-state index in [1.54, 1.807) is 49.4 Å². The van der Waals surface area contributed by atoms with Crippen molar-refractivity contribution in [2.75, 3.05) is 18.5 Å². The lowest BCUT2D eigenvalue weighted by atomic mass is 9.77. The second-order valence-electron chi connectivity index (χ2n) is 8.07. The van der Waals surface area contributed by atoms with Gasteiger partial charge in [0.1, 0.15) is 5.60 Å². The summed E-state index contributed by atoms with van der Waals surface area (Å²) in [7, 11) is 0. The van der Waals surface area contributed by atoms with Crippen molar-refractivity contribution in [3.63, 3.8) is 0 Å². The number of nitrogens with one attached hydrogen (secondary N) is 1. The number of aliphatic hydroxyl groups is 1. The second kappa shape index (κ2) is 8.91. The predicted octanol–water partition coefficient (Wildman–Crippen LogP) is 2.71. The van der Waals surface area contributed by atoms with Crippen molar-refractivity contribution in [3.05, 3.63) is 69.7 Å². The van der Waals surface area contributed by atoms with Gasteiger partial charge in [0, 0.05) is 36.6 Å². The fraction of sp³-hybridized carbons (Fsp3) is 0.333. The fourth-order valence-corrected chi connectivity index (χ4v) is 4.19. The number of rotatable bonds is 5. The molecule has 1 saturated heterocycles. The van der Waals surface area contributed by atoms with Crippen molar-refractivity contribution in [2.45, 2.75) is 31.8 Å². The molecular formula is C24H23N3O5. The molecule has 0 spiro atoms. The van der Waals surface area contributed by atoms with Gasteiger partial charge in [0.15, 0.2) is 0 Å². The fourth-order valence-electron chi connectivity index (χ4n) is 4.19. The molecule has 0 aliphatic carbocycles. The van der Waals surface area contributed by atoms with E-state index in [1.807, 2.05) is 0 Å². The lowest BCUT2D eigenvalue weighted by Crippen LogP contribution is -2.52. The zero-order valence-electron chi connectivity index (χ0n) is 17.6. The minimum Gasteiger partial charge on any atom is -0.381 e. The van der Waals surface area contributed by atoms with E-state index in [-0.39, 0.29) is 12.3 Å². The molecule has 1 atom stereocenters. The Morgan fingerprint density at radius 3 is 2.78 bits per heavy atom. The summed E-state index contributed by atoms with van der Waals surface area (Å²) in [5.41, 5.74) is -0.133. The molecule has 2 heterocycles. The average molecular weight is 433 g/mol. The Balaban J connectivity index is 1.67.